The molecule has 32 heavy (non-hydrogen) atoms. The van der Waals surface area contributed by atoms with E-state index in [1.165, 1.54) is 16.8 Å². The van der Waals surface area contributed by atoms with Gasteiger partial charge in [-0.05, 0) is 44.5 Å². The average molecular weight is 434 g/mol. The van der Waals surface area contributed by atoms with Crippen molar-refractivity contribution in [2.24, 2.45) is 0 Å². The molecule has 1 N–H and O–H groups in total. The molecule has 0 amide bonds. The van der Waals surface area contributed by atoms with Crippen LogP contribution in [0.15, 0.2) is 54.7 Å². The van der Waals surface area contributed by atoms with Gasteiger partial charge in [0.25, 0.3) is 0 Å². The zero-order chi connectivity index (χ0) is 22.7. The highest BCUT2D eigenvalue weighted by molar-refractivity contribution is 5.66. The highest BCUT2D eigenvalue weighted by Gasteiger charge is 2.16. The number of aryl methyl sites for hydroxylation is 3. The second-order valence-electron chi connectivity index (χ2n) is 7.85. The zero-order valence-corrected chi connectivity index (χ0v) is 18.4. The number of benzene rings is 2. The second kappa shape index (κ2) is 9.36. The van der Waals surface area contributed by atoms with E-state index >= 15 is 0 Å². The van der Waals surface area contributed by atoms with E-state index in [-0.39, 0.29) is 5.69 Å². The Morgan fingerprint density at radius 1 is 0.938 bits per heavy atom. The molecule has 0 aliphatic carbocycles. The van der Waals surface area contributed by atoms with Gasteiger partial charge in [0.05, 0.1) is 5.69 Å². The first-order chi connectivity index (χ1) is 15.4. The van der Waals surface area contributed by atoms with Crippen molar-refractivity contribution in [2.75, 3.05) is 6.54 Å². The SMILES string of the molecule is Cc1cc(C)nc(CCNCc2cn(-c3ccc(F)cc3F)nc2-c2ccccc2C)n1. The predicted molar refractivity (Wildman–Crippen MR) is 121 cm³/mol. The molecule has 0 bridgehead atoms. The van der Waals surface area contributed by atoms with Crippen LogP contribution in [-0.4, -0.2) is 26.3 Å². The van der Waals surface area contributed by atoms with E-state index in [0.717, 1.165) is 45.7 Å². The van der Waals surface area contributed by atoms with Gasteiger partial charge in [0, 0.05) is 54.3 Å². The number of nitrogens with zero attached hydrogens (tertiary/aromatic N) is 4. The summed E-state index contributed by atoms with van der Waals surface area (Å²) in [6, 6.07) is 13.4. The standard InChI is InChI=1S/C25H25F2N5/c1-16-6-4-5-7-21(16)25-19(14-28-11-10-24-29-17(2)12-18(3)30-24)15-32(31-25)23-9-8-20(26)13-22(23)27/h4-9,12-13,15,28H,10-11,14H2,1-3H3. The maximum atomic E-state index is 14.4. The summed E-state index contributed by atoms with van der Waals surface area (Å²) in [6.07, 6.45) is 2.49. The third-order valence-corrected chi connectivity index (χ3v) is 5.22. The van der Waals surface area contributed by atoms with Gasteiger partial charge in [0.1, 0.15) is 17.3 Å². The summed E-state index contributed by atoms with van der Waals surface area (Å²) < 4.78 is 29.2. The van der Waals surface area contributed by atoms with Crippen LogP contribution < -0.4 is 5.32 Å². The van der Waals surface area contributed by atoms with Gasteiger partial charge in [-0.1, -0.05) is 24.3 Å². The minimum atomic E-state index is -0.657. The molecule has 0 radical (unpaired) electrons. The molecule has 7 heteroatoms. The van der Waals surface area contributed by atoms with Crippen molar-refractivity contribution in [1.82, 2.24) is 25.1 Å². The lowest BCUT2D eigenvalue weighted by Gasteiger charge is -2.07. The monoisotopic (exact) mass is 433 g/mol. The van der Waals surface area contributed by atoms with Gasteiger partial charge < -0.3 is 5.32 Å². The van der Waals surface area contributed by atoms with Crippen LogP contribution >= 0.6 is 0 Å². The Morgan fingerprint density at radius 3 is 2.41 bits per heavy atom. The molecule has 0 unspecified atom stereocenters. The molecular weight excluding hydrogens is 408 g/mol. The van der Waals surface area contributed by atoms with Crippen molar-refractivity contribution in [3.05, 3.63) is 94.7 Å². The summed E-state index contributed by atoms with van der Waals surface area (Å²) in [5, 5.41) is 8.07. The van der Waals surface area contributed by atoms with Gasteiger partial charge in [-0.15, -0.1) is 0 Å². The van der Waals surface area contributed by atoms with Gasteiger partial charge in [-0.2, -0.15) is 5.10 Å². The zero-order valence-electron chi connectivity index (χ0n) is 18.4. The molecule has 0 saturated heterocycles. The lowest BCUT2D eigenvalue weighted by atomic mass is 10.0. The van der Waals surface area contributed by atoms with E-state index in [1.54, 1.807) is 6.20 Å². The maximum absolute atomic E-state index is 14.4. The molecule has 5 nitrogen and oxygen atoms in total. The number of hydrogen-bond acceptors (Lipinski definition) is 4. The van der Waals surface area contributed by atoms with Gasteiger partial charge in [-0.3, -0.25) is 0 Å². The van der Waals surface area contributed by atoms with E-state index in [0.29, 0.717) is 19.5 Å². The Labute approximate surface area is 186 Å². The predicted octanol–water partition coefficient (Wildman–Crippen LogP) is 4.87. The molecule has 4 aromatic rings. The Bertz CT molecular complexity index is 1230. The van der Waals surface area contributed by atoms with Crippen LogP contribution in [0, 0.1) is 32.4 Å². The minimum absolute atomic E-state index is 0.205. The average Bonchev–Trinajstić information content (AvgIpc) is 3.14. The summed E-state index contributed by atoms with van der Waals surface area (Å²) >= 11 is 0. The van der Waals surface area contributed by atoms with Crippen LogP contribution in [0.25, 0.3) is 16.9 Å². The fraction of sp³-hybridized carbons (Fsp3) is 0.240. The van der Waals surface area contributed by atoms with Gasteiger partial charge in [-0.25, -0.2) is 23.4 Å². The molecule has 2 aromatic heterocycles. The van der Waals surface area contributed by atoms with Crippen molar-refractivity contribution in [3.8, 4) is 16.9 Å². The quantitative estimate of drug-likeness (QED) is 0.423. The van der Waals surface area contributed by atoms with Crippen molar-refractivity contribution in [2.45, 2.75) is 33.7 Å². The molecule has 0 atom stereocenters. The first-order valence-electron chi connectivity index (χ1n) is 10.5. The number of rotatable bonds is 7. The summed E-state index contributed by atoms with van der Waals surface area (Å²) in [7, 11) is 0. The lowest BCUT2D eigenvalue weighted by Crippen LogP contribution is -2.18. The fourth-order valence-electron chi connectivity index (χ4n) is 3.73. The fourth-order valence-corrected chi connectivity index (χ4v) is 3.73. The summed E-state index contributed by atoms with van der Waals surface area (Å²) in [5.74, 6) is -0.471. The number of hydrogen-bond donors (Lipinski definition) is 1. The molecule has 4 rings (SSSR count). The molecule has 0 saturated carbocycles. The first kappa shape index (κ1) is 21.8. The Balaban J connectivity index is 1.58. The van der Waals surface area contributed by atoms with E-state index < -0.39 is 11.6 Å². The first-order valence-corrected chi connectivity index (χ1v) is 10.5. The van der Waals surface area contributed by atoms with Crippen LogP contribution in [0.5, 0.6) is 0 Å². The Morgan fingerprint density at radius 2 is 1.69 bits per heavy atom. The van der Waals surface area contributed by atoms with Gasteiger partial charge >= 0.3 is 0 Å². The number of halogens is 2. The van der Waals surface area contributed by atoms with Gasteiger partial charge in [0.15, 0.2) is 5.82 Å². The maximum Gasteiger partial charge on any atom is 0.151 e. The Hall–Kier alpha value is -3.45. The third-order valence-electron chi connectivity index (χ3n) is 5.22. The molecule has 164 valence electrons. The molecule has 0 spiro atoms. The number of aromatic nitrogens is 4. The largest absolute Gasteiger partial charge is 0.312 e. The topological polar surface area (TPSA) is 55.6 Å². The smallest absolute Gasteiger partial charge is 0.151 e. The van der Waals surface area contributed by atoms with E-state index in [2.05, 4.69) is 20.4 Å². The Kier molecular flexibility index (Phi) is 6.37. The molecule has 0 aliphatic heterocycles. The number of nitrogens with one attached hydrogen (secondary N) is 1. The molecular formula is C25H25F2N5. The minimum Gasteiger partial charge on any atom is -0.312 e. The van der Waals surface area contributed by atoms with Crippen molar-refractivity contribution in [3.63, 3.8) is 0 Å². The van der Waals surface area contributed by atoms with Crippen molar-refractivity contribution >= 4 is 0 Å². The van der Waals surface area contributed by atoms with Crippen LogP contribution in [0.1, 0.15) is 28.3 Å². The second-order valence-corrected chi connectivity index (χ2v) is 7.85. The van der Waals surface area contributed by atoms with E-state index in [1.807, 2.05) is 51.1 Å². The summed E-state index contributed by atoms with van der Waals surface area (Å²) in [4.78, 5) is 8.95. The molecule has 2 aromatic carbocycles. The molecule has 0 aliphatic rings. The summed E-state index contributed by atoms with van der Waals surface area (Å²) in [6.45, 7) is 7.16. The van der Waals surface area contributed by atoms with Gasteiger partial charge in [0.2, 0.25) is 0 Å². The molecule has 0 fully saturated rings. The van der Waals surface area contributed by atoms with Crippen LogP contribution in [0.3, 0.4) is 0 Å². The summed E-state index contributed by atoms with van der Waals surface area (Å²) in [5.41, 5.74) is 5.85. The lowest BCUT2D eigenvalue weighted by molar-refractivity contribution is 0.573. The van der Waals surface area contributed by atoms with Crippen LogP contribution in [0.2, 0.25) is 0 Å². The third kappa shape index (κ3) is 4.89. The van der Waals surface area contributed by atoms with E-state index in [4.69, 9.17) is 0 Å². The highest BCUT2D eigenvalue weighted by atomic mass is 19.1. The van der Waals surface area contributed by atoms with Crippen LogP contribution in [0.4, 0.5) is 8.78 Å². The van der Waals surface area contributed by atoms with Crippen molar-refractivity contribution in [1.29, 1.82) is 0 Å². The van der Waals surface area contributed by atoms with Crippen LogP contribution in [-0.2, 0) is 13.0 Å². The molecule has 2 heterocycles. The van der Waals surface area contributed by atoms with Crippen molar-refractivity contribution < 1.29 is 8.78 Å². The normalized spacial score (nSPS) is 11.2. The highest BCUT2D eigenvalue weighted by Crippen LogP contribution is 2.27. The van der Waals surface area contributed by atoms with E-state index in [9.17, 15) is 8.78 Å².